The van der Waals surface area contributed by atoms with Crippen LogP contribution in [0.2, 0.25) is 0 Å². The van der Waals surface area contributed by atoms with E-state index in [-0.39, 0.29) is 0 Å². The van der Waals surface area contributed by atoms with Crippen LogP contribution in [-0.2, 0) is 0 Å². The number of hydrogen-bond acceptors (Lipinski definition) is 2. The third-order valence-corrected chi connectivity index (χ3v) is 1.72. The van der Waals surface area contributed by atoms with Crippen molar-refractivity contribution in [2.45, 2.75) is 13.8 Å². The molecule has 1 rings (SSSR count). The minimum absolute atomic E-state index is 0.849. The second-order valence-corrected chi connectivity index (χ2v) is 2.29. The Morgan fingerprint density at radius 1 is 1.56 bits per heavy atom. The molecule has 2 heteroatoms. The molecule has 50 valence electrons. The molecule has 1 heterocycles. The van der Waals surface area contributed by atoms with E-state index < -0.39 is 0 Å². The summed E-state index contributed by atoms with van der Waals surface area (Å²) in [5.74, 6) is 1.11. The molecule has 0 saturated carbocycles. The van der Waals surface area contributed by atoms with Gasteiger partial charge >= 0.3 is 0 Å². The Kier molecular flexibility index (Phi) is 1.56. The van der Waals surface area contributed by atoms with Gasteiger partial charge in [0, 0.05) is 12.7 Å². The molecule has 2 nitrogen and oxygen atoms in total. The summed E-state index contributed by atoms with van der Waals surface area (Å²) < 4.78 is 0. The maximum Gasteiger partial charge on any atom is 0.1000 e. The van der Waals surface area contributed by atoms with Crippen LogP contribution in [-0.4, -0.2) is 24.3 Å². The van der Waals surface area contributed by atoms with Crippen molar-refractivity contribution in [2.24, 2.45) is 4.99 Å². The molecule has 1 aliphatic heterocycles. The van der Waals surface area contributed by atoms with Crippen LogP contribution in [0, 0.1) is 0 Å². The van der Waals surface area contributed by atoms with Gasteiger partial charge in [0.25, 0.3) is 0 Å². The Balaban J connectivity index is 2.74. The Hall–Kier alpha value is -0.790. The highest BCUT2D eigenvalue weighted by Crippen LogP contribution is 2.05. The Labute approximate surface area is 55.9 Å². The number of aliphatic imine (C=N–C) groups is 1. The molecule has 0 spiro atoms. The van der Waals surface area contributed by atoms with Gasteiger partial charge in [0.1, 0.15) is 0 Å². The summed E-state index contributed by atoms with van der Waals surface area (Å²) in [6.07, 6.45) is 2.12. The van der Waals surface area contributed by atoms with Gasteiger partial charge in [-0.2, -0.15) is 0 Å². The topological polar surface area (TPSA) is 15.6 Å². The quantitative estimate of drug-likeness (QED) is 0.474. The van der Waals surface area contributed by atoms with Crippen molar-refractivity contribution in [1.29, 1.82) is 0 Å². The number of amidine groups is 1. The van der Waals surface area contributed by atoms with E-state index in [1.807, 2.05) is 14.0 Å². The first-order valence-electron chi connectivity index (χ1n) is 3.13. The van der Waals surface area contributed by atoms with Gasteiger partial charge in [0.05, 0.1) is 12.4 Å². The molecule has 0 unspecified atom stereocenters. The predicted octanol–water partition coefficient (Wildman–Crippen LogP) is 1.25. The average molecular weight is 124 g/mol. The number of rotatable bonds is 0. The van der Waals surface area contributed by atoms with Crippen molar-refractivity contribution >= 4 is 5.84 Å². The van der Waals surface area contributed by atoms with E-state index in [0.29, 0.717) is 0 Å². The summed E-state index contributed by atoms with van der Waals surface area (Å²) in [5.41, 5.74) is 1.29. The lowest BCUT2D eigenvalue weighted by Crippen LogP contribution is -2.25. The average Bonchev–Trinajstić information content (AvgIpc) is 1.83. The van der Waals surface area contributed by atoms with Gasteiger partial charge in [-0.05, 0) is 19.9 Å². The van der Waals surface area contributed by atoms with Gasteiger partial charge in [-0.1, -0.05) is 0 Å². The fourth-order valence-electron chi connectivity index (χ4n) is 0.808. The van der Waals surface area contributed by atoms with E-state index in [2.05, 4.69) is 22.9 Å². The molecule has 0 saturated heterocycles. The standard InChI is InChI=1S/C7H12N2/c1-6-4-5-8-7(2)9(6)3/h4H,5H2,1-3H3. The summed E-state index contributed by atoms with van der Waals surface area (Å²) in [5, 5.41) is 0. The molecule has 0 amide bonds. The summed E-state index contributed by atoms with van der Waals surface area (Å²) in [6, 6.07) is 0. The molecule has 0 atom stereocenters. The second kappa shape index (κ2) is 2.21. The van der Waals surface area contributed by atoms with Crippen LogP contribution < -0.4 is 0 Å². The van der Waals surface area contributed by atoms with E-state index >= 15 is 0 Å². The van der Waals surface area contributed by atoms with Crippen LogP contribution in [0.15, 0.2) is 16.8 Å². The smallest absolute Gasteiger partial charge is 0.1000 e. The van der Waals surface area contributed by atoms with E-state index in [9.17, 15) is 0 Å². The normalized spacial score (nSPS) is 19.2. The zero-order valence-electron chi connectivity index (χ0n) is 6.18. The Morgan fingerprint density at radius 2 is 2.22 bits per heavy atom. The summed E-state index contributed by atoms with van der Waals surface area (Å²) >= 11 is 0. The zero-order valence-corrected chi connectivity index (χ0v) is 6.18. The molecule has 1 aliphatic rings. The maximum atomic E-state index is 4.23. The molecule has 0 fully saturated rings. The van der Waals surface area contributed by atoms with Crippen molar-refractivity contribution in [2.75, 3.05) is 13.6 Å². The van der Waals surface area contributed by atoms with E-state index in [0.717, 1.165) is 12.4 Å². The maximum absolute atomic E-state index is 4.23. The van der Waals surface area contributed by atoms with Crippen LogP contribution in [0.5, 0.6) is 0 Å². The van der Waals surface area contributed by atoms with Crippen LogP contribution in [0.4, 0.5) is 0 Å². The lowest BCUT2D eigenvalue weighted by atomic mass is 10.3. The molecular weight excluding hydrogens is 112 g/mol. The van der Waals surface area contributed by atoms with Crippen LogP contribution >= 0.6 is 0 Å². The molecule has 0 radical (unpaired) electrons. The number of nitrogens with zero attached hydrogens (tertiary/aromatic N) is 2. The fourth-order valence-corrected chi connectivity index (χ4v) is 0.808. The van der Waals surface area contributed by atoms with Gasteiger partial charge in [0.2, 0.25) is 0 Å². The van der Waals surface area contributed by atoms with Crippen LogP contribution in [0.1, 0.15) is 13.8 Å². The van der Waals surface area contributed by atoms with E-state index in [1.54, 1.807) is 0 Å². The molecule has 0 N–H and O–H groups in total. The molecular formula is C7H12N2. The van der Waals surface area contributed by atoms with Crippen molar-refractivity contribution in [3.63, 3.8) is 0 Å². The SMILES string of the molecule is CC1=CCN=C(C)N1C. The van der Waals surface area contributed by atoms with Crippen molar-refractivity contribution in [3.05, 3.63) is 11.8 Å². The molecule has 0 aromatic heterocycles. The summed E-state index contributed by atoms with van der Waals surface area (Å²) in [4.78, 5) is 6.31. The van der Waals surface area contributed by atoms with Gasteiger partial charge in [-0.15, -0.1) is 0 Å². The first-order chi connectivity index (χ1) is 4.22. The molecule has 0 aromatic rings. The molecule has 0 bridgehead atoms. The van der Waals surface area contributed by atoms with Gasteiger partial charge in [-0.3, -0.25) is 4.99 Å². The minimum Gasteiger partial charge on any atom is -0.338 e. The fraction of sp³-hybridized carbons (Fsp3) is 0.571. The Morgan fingerprint density at radius 3 is 2.67 bits per heavy atom. The van der Waals surface area contributed by atoms with Crippen molar-refractivity contribution < 1.29 is 0 Å². The van der Waals surface area contributed by atoms with Gasteiger partial charge in [0.15, 0.2) is 0 Å². The van der Waals surface area contributed by atoms with E-state index in [4.69, 9.17) is 0 Å². The highest BCUT2D eigenvalue weighted by atomic mass is 15.2. The van der Waals surface area contributed by atoms with Gasteiger partial charge < -0.3 is 4.90 Å². The highest BCUT2D eigenvalue weighted by Gasteiger charge is 2.04. The highest BCUT2D eigenvalue weighted by molar-refractivity contribution is 5.81. The molecule has 9 heavy (non-hydrogen) atoms. The first kappa shape index (κ1) is 6.33. The largest absolute Gasteiger partial charge is 0.338 e. The van der Waals surface area contributed by atoms with Crippen molar-refractivity contribution in [1.82, 2.24) is 4.90 Å². The number of hydrogen-bond donors (Lipinski definition) is 0. The Bertz CT molecular complexity index is 150. The third kappa shape index (κ3) is 1.12. The third-order valence-electron chi connectivity index (χ3n) is 1.72. The molecule has 0 aliphatic carbocycles. The van der Waals surface area contributed by atoms with Crippen LogP contribution in [0.25, 0.3) is 0 Å². The van der Waals surface area contributed by atoms with E-state index in [1.165, 1.54) is 5.70 Å². The minimum atomic E-state index is 0.849. The zero-order chi connectivity index (χ0) is 6.85. The molecule has 0 aromatic carbocycles. The van der Waals surface area contributed by atoms with Crippen molar-refractivity contribution in [3.8, 4) is 0 Å². The lowest BCUT2D eigenvalue weighted by Gasteiger charge is -2.22. The number of allylic oxidation sites excluding steroid dienone is 1. The summed E-state index contributed by atoms with van der Waals surface area (Å²) in [7, 11) is 2.03. The predicted molar refractivity (Wildman–Crippen MR) is 39.5 cm³/mol. The van der Waals surface area contributed by atoms with Crippen LogP contribution in [0.3, 0.4) is 0 Å². The monoisotopic (exact) mass is 124 g/mol. The lowest BCUT2D eigenvalue weighted by molar-refractivity contribution is 0.605. The summed E-state index contributed by atoms with van der Waals surface area (Å²) in [6.45, 7) is 4.97. The second-order valence-electron chi connectivity index (χ2n) is 2.29. The first-order valence-corrected chi connectivity index (χ1v) is 3.13. The van der Waals surface area contributed by atoms with Gasteiger partial charge in [-0.25, -0.2) is 0 Å².